The SMILES string of the molecule is O=C(COc1ccc(I)cc1)N1C2CCNCC1CC2. The average molecular weight is 386 g/mol. The van der Waals surface area contributed by atoms with Crippen LogP contribution in [-0.2, 0) is 4.79 Å². The Morgan fingerprint density at radius 3 is 2.80 bits per heavy atom. The van der Waals surface area contributed by atoms with E-state index in [1.165, 1.54) is 0 Å². The number of fused-ring (bicyclic) bond motifs is 2. The Morgan fingerprint density at radius 1 is 1.25 bits per heavy atom. The van der Waals surface area contributed by atoms with Gasteiger partial charge in [-0.1, -0.05) is 0 Å². The summed E-state index contributed by atoms with van der Waals surface area (Å²) in [5.74, 6) is 0.888. The molecule has 1 aromatic rings. The molecule has 2 aliphatic rings. The van der Waals surface area contributed by atoms with Gasteiger partial charge in [-0.3, -0.25) is 4.79 Å². The summed E-state index contributed by atoms with van der Waals surface area (Å²) in [4.78, 5) is 14.5. The molecule has 0 saturated carbocycles. The van der Waals surface area contributed by atoms with E-state index in [4.69, 9.17) is 4.74 Å². The number of carbonyl (C=O) groups excluding carboxylic acids is 1. The van der Waals surface area contributed by atoms with Crippen LogP contribution in [0.25, 0.3) is 0 Å². The van der Waals surface area contributed by atoms with E-state index in [1.54, 1.807) is 0 Å². The topological polar surface area (TPSA) is 41.6 Å². The summed E-state index contributed by atoms with van der Waals surface area (Å²) in [5.41, 5.74) is 0. The Labute approximate surface area is 133 Å². The van der Waals surface area contributed by atoms with Crippen LogP contribution in [-0.4, -0.2) is 42.6 Å². The second-order valence-corrected chi connectivity index (χ2v) is 6.67. The standard InChI is InChI=1S/C15H19IN2O2/c16-11-1-5-14(6-2-11)20-10-15(19)18-12-3-4-13(18)9-17-8-7-12/h1-2,5-6,12-13,17H,3-4,7-10H2. The summed E-state index contributed by atoms with van der Waals surface area (Å²) < 4.78 is 6.79. The molecule has 2 aliphatic heterocycles. The van der Waals surface area contributed by atoms with Crippen LogP contribution in [0.5, 0.6) is 5.75 Å². The number of nitrogens with zero attached hydrogens (tertiary/aromatic N) is 1. The van der Waals surface area contributed by atoms with Gasteiger partial charge < -0.3 is 15.0 Å². The fraction of sp³-hybridized carbons (Fsp3) is 0.533. The lowest BCUT2D eigenvalue weighted by Crippen LogP contribution is -2.44. The van der Waals surface area contributed by atoms with Gasteiger partial charge in [0, 0.05) is 22.2 Å². The van der Waals surface area contributed by atoms with Gasteiger partial charge in [0.1, 0.15) is 5.75 Å². The highest BCUT2D eigenvalue weighted by Gasteiger charge is 2.37. The first-order chi connectivity index (χ1) is 9.74. The molecular weight excluding hydrogens is 367 g/mol. The first-order valence-corrected chi connectivity index (χ1v) is 8.22. The van der Waals surface area contributed by atoms with Gasteiger partial charge in [-0.05, 0) is 72.7 Å². The van der Waals surface area contributed by atoms with Crippen molar-refractivity contribution in [3.05, 3.63) is 27.8 Å². The van der Waals surface area contributed by atoms with E-state index in [2.05, 4.69) is 32.8 Å². The van der Waals surface area contributed by atoms with Gasteiger partial charge in [-0.15, -0.1) is 0 Å². The van der Waals surface area contributed by atoms with Gasteiger partial charge in [-0.2, -0.15) is 0 Å². The molecule has 5 heteroatoms. The van der Waals surface area contributed by atoms with Gasteiger partial charge in [0.2, 0.25) is 0 Å². The van der Waals surface area contributed by atoms with Crippen LogP contribution in [0.15, 0.2) is 24.3 Å². The second-order valence-electron chi connectivity index (χ2n) is 5.42. The quantitative estimate of drug-likeness (QED) is 0.809. The number of amides is 1. The Kier molecular flexibility index (Phi) is 4.45. The normalized spacial score (nSPS) is 25.4. The van der Waals surface area contributed by atoms with Gasteiger partial charge in [0.05, 0.1) is 0 Å². The summed E-state index contributed by atoms with van der Waals surface area (Å²) in [7, 11) is 0. The Bertz CT molecular complexity index is 463. The maximum absolute atomic E-state index is 12.4. The summed E-state index contributed by atoms with van der Waals surface area (Å²) in [6.07, 6.45) is 3.32. The van der Waals surface area contributed by atoms with E-state index < -0.39 is 0 Å². The number of benzene rings is 1. The highest BCUT2D eigenvalue weighted by atomic mass is 127. The third-order valence-electron chi connectivity index (χ3n) is 4.12. The summed E-state index contributed by atoms with van der Waals surface area (Å²) in [5, 5.41) is 3.41. The highest BCUT2D eigenvalue weighted by molar-refractivity contribution is 14.1. The zero-order valence-corrected chi connectivity index (χ0v) is 13.5. The van der Waals surface area contributed by atoms with Crippen molar-refractivity contribution in [1.29, 1.82) is 0 Å². The first kappa shape index (κ1) is 14.1. The third-order valence-corrected chi connectivity index (χ3v) is 4.84. The minimum Gasteiger partial charge on any atom is -0.484 e. The first-order valence-electron chi connectivity index (χ1n) is 7.14. The fourth-order valence-electron chi connectivity index (χ4n) is 3.14. The molecular formula is C15H19IN2O2. The molecule has 3 rings (SSSR count). The monoisotopic (exact) mass is 386 g/mol. The fourth-order valence-corrected chi connectivity index (χ4v) is 3.50. The van der Waals surface area contributed by atoms with Crippen LogP contribution in [0.2, 0.25) is 0 Å². The molecule has 0 spiro atoms. The number of rotatable bonds is 3. The van der Waals surface area contributed by atoms with Crippen molar-refractivity contribution in [2.45, 2.75) is 31.3 Å². The number of nitrogens with one attached hydrogen (secondary N) is 1. The highest BCUT2D eigenvalue weighted by Crippen LogP contribution is 2.28. The smallest absolute Gasteiger partial charge is 0.261 e. The van der Waals surface area contributed by atoms with E-state index in [9.17, 15) is 4.79 Å². The van der Waals surface area contributed by atoms with Crippen molar-refractivity contribution in [2.24, 2.45) is 0 Å². The molecule has 0 aromatic heterocycles. The lowest BCUT2D eigenvalue weighted by atomic mass is 10.1. The maximum Gasteiger partial charge on any atom is 0.261 e. The van der Waals surface area contributed by atoms with Crippen LogP contribution < -0.4 is 10.1 Å². The molecule has 0 aliphatic carbocycles. The van der Waals surface area contributed by atoms with Crippen molar-refractivity contribution in [3.8, 4) is 5.75 Å². The van der Waals surface area contributed by atoms with Crippen molar-refractivity contribution in [3.63, 3.8) is 0 Å². The molecule has 2 saturated heterocycles. The largest absolute Gasteiger partial charge is 0.484 e. The molecule has 1 aromatic carbocycles. The number of ether oxygens (including phenoxy) is 1. The average Bonchev–Trinajstić information content (AvgIpc) is 2.71. The van der Waals surface area contributed by atoms with Crippen LogP contribution >= 0.6 is 22.6 Å². The number of hydrogen-bond acceptors (Lipinski definition) is 3. The molecule has 2 heterocycles. The Hall–Kier alpha value is -0.820. The van der Waals surface area contributed by atoms with Crippen molar-refractivity contribution in [2.75, 3.05) is 19.7 Å². The zero-order valence-electron chi connectivity index (χ0n) is 11.3. The van der Waals surface area contributed by atoms with Crippen LogP contribution in [0.1, 0.15) is 19.3 Å². The third kappa shape index (κ3) is 3.09. The van der Waals surface area contributed by atoms with Crippen molar-refractivity contribution >= 4 is 28.5 Å². The molecule has 2 fully saturated rings. The Morgan fingerprint density at radius 2 is 2.00 bits per heavy atom. The Balaban J connectivity index is 1.60. The minimum absolute atomic E-state index is 0.125. The van der Waals surface area contributed by atoms with Crippen LogP contribution in [0.3, 0.4) is 0 Å². The van der Waals surface area contributed by atoms with Gasteiger partial charge in [-0.25, -0.2) is 0 Å². The number of hydrogen-bond donors (Lipinski definition) is 1. The van der Waals surface area contributed by atoms with Gasteiger partial charge in [0.25, 0.3) is 5.91 Å². The lowest BCUT2D eigenvalue weighted by molar-refractivity contribution is -0.136. The van der Waals surface area contributed by atoms with Crippen LogP contribution in [0, 0.1) is 3.57 Å². The van der Waals surface area contributed by atoms with Gasteiger partial charge in [0.15, 0.2) is 6.61 Å². The van der Waals surface area contributed by atoms with Crippen molar-refractivity contribution in [1.82, 2.24) is 10.2 Å². The molecule has 108 valence electrons. The van der Waals surface area contributed by atoms with E-state index in [0.717, 1.165) is 41.7 Å². The molecule has 0 radical (unpaired) electrons. The van der Waals surface area contributed by atoms with E-state index in [1.807, 2.05) is 24.3 Å². The van der Waals surface area contributed by atoms with E-state index >= 15 is 0 Å². The molecule has 4 nitrogen and oxygen atoms in total. The van der Waals surface area contributed by atoms with Gasteiger partial charge >= 0.3 is 0 Å². The maximum atomic E-state index is 12.4. The minimum atomic E-state index is 0.125. The summed E-state index contributed by atoms with van der Waals surface area (Å²) in [6, 6.07) is 8.55. The van der Waals surface area contributed by atoms with E-state index in [0.29, 0.717) is 12.1 Å². The van der Waals surface area contributed by atoms with Crippen LogP contribution in [0.4, 0.5) is 0 Å². The second kappa shape index (κ2) is 6.30. The zero-order chi connectivity index (χ0) is 13.9. The molecule has 2 bridgehead atoms. The predicted molar refractivity (Wildman–Crippen MR) is 85.8 cm³/mol. The molecule has 2 atom stereocenters. The summed E-state index contributed by atoms with van der Waals surface area (Å²) >= 11 is 2.25. The molecule has 1 N–H and O–H groups in total. The molecule has 2 unspecified atom stereocenters. The predicted octanol–water partition coefficient (Wildman–Crippen LogP) is 2.02. The number of carbonyl (C=O) groups is 1. The molecule has 20 heavy (non-hydrogen) atoms. The molecule has 1 amide bonds. The van der Waals surface area contributed by atoms with E-state index in [-0.39, 0.29) is 12.5 Å². The number of halogens is 1. The lowest BCUT2D eigenvalue weighted by Gasteiger charge is -2.27. The van der Waals surface area contributed by atoms with Crippen molar-refractivity contribution < 1.29 is 9.53 Å². The summed E-state index contributed by atoms with van der Waals surface area (Å²) in [6.45, 7) is 2.09.